The topological polar surface area (TPSA) is 109 Å². The number of hydrogen-bond acceptors (Lipinski definition) is 6. The van der Waals surface area contributed by atoms with Crippen molar-refractivity contribution in [2.24, 2.45) is 0 Å². The lowest BCUT2D eigenvalue weighted by atomic mass is 9.99. The zero-order chi connectivity index (χ0) is 25.8. The molecule has 1 aromatic heterocycles. The molecule has 3 rings (SSSR count). The second-order valence-electron chi connectivity index (χ2n) is 8.41. The third kappa shape index (κ3) is 8.54. The smallest absolute Gasteiger partial charge is 0.307 e. The van der Waals surface area contributed by atoms with Crippen molar-refractivity contribution in [3.05, 3.63) is 84.1 Å². The van der Waals surface area contributed by atoms with Gasteiger partial charge in [0.15, 0.2) is 0 Å². The van der Waals surface area contributed by atoms with E-state index in [-0.39, 0.29) is 31.2 Å². The lowest BCUT2D eigenvalue weighted by Gasteiger charge is -2.19. The van der Waals surface area contributed by atoms with E-state index in [0.29, 0.717) is 13.0 Å². The van der Waals surface area contributed by atoms with E-state index >= 15 is 0 Å². The minimum atomic E-state index is -0.572. The largest absolute Gasteiger partial charge is 0.469 e. The molecule has 36 heavy (non-hydrogen) atoms. The Morgan fingerprint density at radius 3 is 2.36 bits per heavy atom. The molecule has 0 saturated carbocycles. The number of benzene rings is 2. The molecule has 0 aliphatic rings. The van der Waals surface area contributed by atoms with Crippen molar-refractivity contribution in [1.29, 1.82) is 0 Å². The third-order valence-corrected chi connectivity index (χ3v) is 5.60. The number of carbonyl (C=O) groups excluding carboxylic acids is 3. The van der Waals surface area contributed by atoms with Crippen LogP contribution in [0.5, 0.6) is 0 Å². The number of rotatable bonds is 12. The minimum absolute atomic E-state index is 0.0143. The number of aromatic nitrogens is 1. The molecule has 8 nitrogen and oxygen atoms in total. The molecule has 188 valence electrons. The van der Waals surface area contributed by atoms with E-state index < -0.39 is 12.0 Å². The van der Waals surface area contributed by atoms with Crippen LogP contribution in [0.15, 0.2) is 72.9 Å². The van der Waals surface area contributed by atoms with Crippen LogP contribution in [-0.4, -0.2) is 43.0 Å². The summed E-state index contributed by atoms with van der Waals surface area (Å²) in [6, 6.07) is 20.9. The number of anilines is 1. The molecule has 8 heteroatoms. The molecule has 0 fully saturated rings. The van der Waals surface area contributed by atoms with Crippen LogP contribution in [0.1, 0.15) is 36.4 Å². The fourth-order valence-electron chi connectivity index (χ4n) is 3.65. The van der Waals surface area contributed by atoms with E-state index in [1.54, 1.807) is 6.20 Å². The average Bonchev–Trinajstić information content (AvgIpc) is 2.90. The first-order valence-electron chi connectivity index (χ1n) is 11.9. The Kier molecular flexibility index (Phi) is 10.00. The Bertz CT molecular complexity index is 1150. The molecule has 0 bridgehead atoms. The first-order valence-corrected chi connectivity index (χ1v) is 11.9. The van der Waals surface area contributed by atoms with E-state index in [1.807, 2.05) is 73.7 Å². The van der Waals surface area contributed by atoms with Crippen LogP contribution in [0, 0.1) is 6.92 Å². The van der Waals surface area contributed by atoms with Crippen molar-refractivity contribution in [3.8, 4) is 11.1 Å². The Hall–Kier alpha value is -4.20. The van der Waals surface area contributed by atoms with Gasteiger partial charge in [-0.05, 0) is 47.7 Å². The summed E-state index contributed by atoms with van der Waals surface area (Å²) in [5, 5.41) is 8.64. The standard InChI is InChI=1S/C28H32N4O4/c1-20-14-16-30-25(17-20)29-15-6-9-26(33)31-19-27(34)32-24(18-28(35)36-2)23-12-10-22(11-13-23)21-7-4-3-5-8-21/h3-5,7-8,10-14,16-17,24H,6,9,15,18-19H2,1-2H3,(H,29,30)(H,31,33)(H,32,34). The van der Waals surface area contributed by atoms with E-state index in [0.717, 1.165) is 28.1 Å². The highest BCUT2D eigenvalue weighted by molar-refractivity contribution is 5.85. The Morgan fingerprint density at radius 2 is 1.67 bits per heavy atom. The van der Waals surface area contributed by atoms with E-state index in [9.17, 15) is 14.4 Å². The summed E-state index contributed by atoms with van der Waals surface area (Å²) in [6.45, 7) is 2.41. The normalized spacial score (nSPS) is 11.3. The lowest BCUT2D eigenvalue weighted by Crippen LogP contribution is -2.39. The van der Waals surface area contributed by atoms with Crippen LogP contribution in [-0.2, 0) is 19.1 Å². The summed E-state index contributed by atoms with van der Waals surface area (Å²) in [4.78, 5) is 40.9. The van der Waals surface area contributed by atoms with Crippen LogP contribution < -0.4 is 16.0 Å². The summed E-state index contributed by atoms with van der Waals surface area (Å²) < 4.78 is 4.80. The van der Waals surface area contributed by atoms with Gasteiger partial charge in [-0.15, -0.1) is 0 Å². The zero-order valence-corrected chi connectivity index (χ0v) is 20.6. The number of ether oxygens (including phenoxy) is 1. The number of esters is 1. The molecule has 0 aliphatic heterocycles. The molecule has 2 amide bonds. The van der Waals surface area contributed by atoms with Gasteiger partial charge in [0.2, 0.25) is 11.8 Å². The second-order valence-corrected chi connectivity index (χ2v) is 8.41. The number of nitrogens with zero attached hydrogens (tertiary/aromatic N) is 1. The van der Waals surface area contributed by atoms with Crippen molar-refractivity contribution in [2.45, 2.75) is 32.2 Å². The van der Waals surface area contributed by atoms with Crippen molar-refractivity contribution in [2.75, 3.05) is 25.5 Å². The molecule has 0 radical (unpaired) electrons. The quantitative estimate of drug-likeness (QED) is 0.264. The Morgan fingerprint density at radius 1 is 0.944 bits per heavy atom. The Balaban J connectivity index is 1.48. The van der Waals surface area contributed by atoms with Crippen LogP contribution in [0.4, 0.5) is 5.82 Å². The first-order chi connectivity index (χ1) is 17.4. The van der Waals surface area contributed by atoms with Crippen molar-refractivity contribution < 1.29 is 19.1 Å². The first kappa shape index (κ1) is 26.4. The monoisotopic (exact) mass is 488 g/mol. The zero-order valence-electron chi connectivity index (χ0n) is 20.6. The summed E-state index contributed by atoms with van der Waals surface area (Å²) in [7, 11) is 1.31. The maximum Gasteiger partial charge on any atom is 0.307 e. The van der Waals surface area contributed by atoms with Gasteiger partial charge < -0.3 is 20.7 Å². The molecule has 0 spiro atoms. The number of hydrogen-bond donors (Lipinski definition) is 3. The van der Waals surface area contributed by atoms with Gasteiger partial charge in [-0.2, -0.15) is 0 Å². The SMILES string of the molecule is COC(=O)CC(NC(=O)CNC(=O)CCCNc1cc(C)ccn1)c1ccc(-c2ccccc2)cc1. The molecule has 3 aromatic rings. The third-order valence-electron chi connectivity index (χ3n) is 5.60. The van der Waals surface area contributed by atoms with Crippen LogP contribution in [0.2, 0.25) is 0 Å². The molecule has 1 unspecified atom stereocenters. The van der Waals surface area contributed by atoms with Crippen molar-refractivity contribution in [3.63, 3.8) is 0 Å². The van der Waals surface area contributed by atoms with Crippen molar-refractivity contribution in [1.82, 2.24) is 15.6 Å². The summed E-state index contributed by atoms with van der Waals surface area (Å²) >= 11 is 0. The second kappa shape index (κ2) is 13.6. The molecule has 2 aromatic carbocycles. The molecule has 0 aliphatic carbocycles. The Labute approximate surface area is 211 Å². The number of aryl methyl sites for hydroxylation is 1. The van der Waals surface area contributed by atoms with Gasteiger partial charge in [0.05, 0.1) is 26.1 Å². The maximum absolute atomic E-state index is 12.5. The lowest BCUT2D eigenvalue weighted by molar-refractivity contribution is -0.141. The predicted octanol–water partition coefficient (Wildman–Crippen LogP) is 3.79. The van der Waals surface area contributed by atoms with Gasteiger partial charge in [-0.3, -0.25) is 14.4 Å². The van der Waals surface area contributed by atoms with Crippen LogP contribution in [0.3, 0.4) is 0 Å². The summed E-state index contributed by atoms with van der Waals surface area (Å²) in [5.74, 6) is -0.275. The maximum atomic E-state index is 12.5. The van der Waals surface area contributed by atoms with Gasteiger partial charge >= 0.3 is 5.97 Å². The fourth-order valence-corrected chi connectivity index (χ4v) is 3.65. The number of carbonyl (C=O) groups is 3. The number of amides is 2. The average molecular weight is 489 g/mol. The van der Waals surface area contributed by atoms with E-state index in [4.69, 9.17) is 4.74 Å². The highest BCUT2D eigenvalue weighted by atomic mass is 16.5. The molecular weight excluding hydrogens is 456 g/mol. The molecule has 1 heterocycles. The van der Waals surface area contributed by atoms with Gasteiger partial charge in [-0.1, -0.05) is 54.6 Å². The number of pyridine rings is 1. The summed E-state index contributed by atoms with van der Waals surface area (Å²) in [5.41, 5.74) is 3.98. The van der Waals surface area contributed by atoms with E-state index in [2.05, 4.69) is 20.9 Å². The van der Waals surface area contributed by atoms with Crippen molar-refractivity contribution >= 4 is 23.6 Å². The van der Waals surface area contributed by atoms with E-state index in [1.165, 1.54) is 7.11 Å². The molecular formula is C28H32N4O4. The minimum Gasteiger partial charge on any atom is -0.469 e. The van der Waals surface area contributed by atoms with Gasteiger partial charge in [0, 0.05) is 19.2 Å². The predicted molar refractivity (Wildman–Crippen MR) is 139 cm³/mol. The highest BCUT2D eigenvalue weighted by Gasteiger charge is 2.19. The van der Waals surface area contributed by atoms with Gasteiger partial charge in [-0.25, -0.2) is 4.98 Å². The van der Waals surface area contributed by atoms with Crippen LogP contribution in [0.25, 0.3) is 11.1 Å². The molecule has 0 saturated heterocycles. The fraction of sp³-hybridized carbons (Fsp3) is 0.286. The van der Waals surface area contributed by atoms with Gasteiger partial charge in [0.1, 0.15) is 5.82 Å². The van der Waals surface area contributed by atoms with Gasteiger partial charge in [0.25, 0.3) is 0 Å². The summed E-state index contributed by atoms with van der Waals surface area (Å²) in [6.07, 6.45) is 2.59. The molecule has 3 N–H and O–H groups in total. The highest BCUT2D eigenvalue weighted by Crippen LogP contribution is 2.23. The van der Waals surface area contributed by atoms with Crippen LogP contribution >= 0.6 is 0 Å². The number of nitrogens with one attached hydrogen (secondary N) is 3. The number of methoxy groups -OCH3 is 1. The molecule has 1 atom stereocenters.